The van der Waals surface area contributed by atoms with E-state index in [2.05, 4.69) is 31.2 Å². The van der Waals surface area contributed by atoms with Gasteiger partial charge in [0.1, 0.15) is 23.8 Å². The molecule has 1 aromatic carbocycles. The number of nitrogens with one attached hydrogen (secondary N) is 4. The molecule has 1 aliphatic heterocycles. The van der Waals surface area contributed by atoms with Crippen LogP contribution in [0.15, 0.2) is 60.7 Å². The number of ketones is 1. The van der Waals surface area contributed by atoms with Gasteiger partial charge in [-0.2, -0.15) is 0 Å². The monoisotopic (exact) mass is 737 g/mol. The van der Waals surface area contributed by atoms with Crippen LogP contribution in [0, 0.1) is 23.2 Å². The molecule has 1 aromatic heterocycles. The van der Waals surface area contributed by atoms with Crippen LogP contribution in [-0.4, -0.2) is 81.3 Å². The summed E-state index contributed by atoms with van der Waals surface area (Å²) in [4.78, 5) is 90.5. The number of hydrogen-bond acceptors (Lipinski definition) is 8. The third kappa shape index (κ3) is 10.7. The molecular formula is C38H49F2N7O6. The van der Waals surface area contributed by atoms with Crippen LogP contribution in [-0.2, 0) is 24.0 Å². The number of allylic oxidation sites excluding steroid dienone is 1. The molecule has 0 bridgehead atoms. The predicted molar refractivity (Wildman–Crippen MR) is 191 cm³/mol. The highest BCUT2D eigenvalue weighted by Gasteiger charge is 2.51. The molecule has 4 N–H and O–H groups in total. The van der Waals surface area contributed by atoms with Crippen LogP contribution in [0.1, 0.15) is 89.3 Å². The maximum atomic E-state index is 14.5. The third-order valence-corrected chi connectivity index (χ3v) is 9.55. The molecule has 2 unspecified atom stereocenters. The molecule has 15 heteroatoms. The number of aromatic nitrogens is 2. The van der Waals surface area contributed by atoms with Crippen LogP contribution in [0.3, 0.4) is 0 Å². The highest BCUT2D eigenvalue weighted by molar-refractivity contribution is 6.43. The van der Waals surface area contributed by atoms with Crippen molar-refractivity contribution in [3.8, 4) is 0 Å². The number of carbonyl (C=O) groups excluding carboxylic acids is 6. The van der Waals surface area contributed by atoms with Gasteiger partial charge in [0.25, 0.3) is 24.0 Å². The highest BCUT2D eigenvalue weighted by atomic mass is 19.3. The van der Waals surface area contributed by atoms with Gasteiger partial charge in [-0.25, -0.2) is 13.8 Å². The van der Waals surface area contributed by atoms with Crippen molar-refractivity contribution in [2.45, 2.75) is 97.8 Å². The highest BCUT2D eigenvalue weighted by Crippen LogP contribution is 2.43. The maximum Gasteiger partial charge on any atom is 0.294 e. The molecule has 5 amide bonds. The van der Waals surface area contributed by atoms with E-state index in [1.165, 1.54) is 23.5 Å². The van der Waals surface area contributed by atoms with Crippen molar-refractivity contribution >= 4 is 35.3 Å². The van der Waals surface area contributed by atoms with Crippen molar-refractivity contribution in [3.05, 3.63) is 72.0 Å². The average Bonchev–Trinajstić information content (AvgIpc) is 3.71. The Balaban J connectivity index is 1.57. The first-order valence-electron chi connectivity index (χ1n) is 17.9. The standard InChI is InChI=1S/C38H49F2N7O6/c1-21(2)30(46-33(49)28-19-41-15-16-42-28)34(50)45-27(18-38(4,5)6)37(53)47-20-24-13-10-14-25(24)31(47)35(51)44-26(17-29(39)40)32(48)36(52)43-22(3)23-11-8-7-9-12-23/h7-9,11-12,15-17,19,21-22,24-25,27,29-31H,10,13-14,18,20H2,1-6H3,(H,43,52)(H,44,51)(H,45,50)(H,46,49)/t22-,24?,25?,27-,30-,31-/m0/s1. The summed E-state index contributed by atoms with van der Waals surface area (Å²) in [5.41, 5.74) is -0.697. The topological polar surface area (TPSA) is 180 Å². The summed E-state index contributed by atoms with van der Waals surface area (Å²) < 4.78 is 27.4. The van der Waals surface area contributed by atoms with Gasteiger partial charge in [0.2, 0.25) is 17.7 Å². The van der Waals surface area contributed by atoms with Gasteiger partial charge in [0.05, 0.1) is 17.9 Å². The SMILES string of the molecule is CC(C)[C@H](NC(=O)c1cnccn1)C(=O)N[C@@H](CC(C)(C)C)C(=O)N1CC2CCCC2[C@H]1C(=O)NC(=CC(F)F)C(=O)C(=O)N[C@@H](C)c1ccccc1. The Bertz CT molecular complexity index is 1680. The summed E-state index contributed by atoms with van der Waals surface area (Å²) in [5, 5.41) is 10.2. The zero-order valence-electron chi connectivity index (χ0n) is 30.9. The van der Waals surface area contributed by atoms with Crippen LogP contribution in [0.4, 0.5) is 8.78 Å². The lowest BCUT2D eigenvalue weighted by molar-refractivity contribution is -0.143. The number of rotatable bonds is 14. The molecule has 1 aliphatic carbocycles. The van der Waals surface area contributed by atoms with E-state index in [-0.39, 0.29) is 36.6 Å². The summed E-state index contributed by atoms with van der Waals surface area (Å²) in [5.74, 6) is -6.05. The van der Waals surface area contributed by atoms with Crippen LogP contribution in [0.2, 0.25) is 0 Å². The molecule has 6 atom stereocenters. The van der Waals surface area contributed by atoms with E-state index in [0.717, 1.165) is 12.8 Å². The van der Waals surface area contributed by atoms with Gasteiger partial charge in [-0.3, -0.25) is 33.8 Å². The summed E-state index contributed by atoms with van der Waals surface area (Å²) >= 11 is 0. The molecule has 13 nitrogen and oxygen atoms in total. The fourth-order valence-electron chi connectivity index (χ4n) is 7.03. The Morgan fingerprint density at radius 3 is 2.26 bits per heavy atom. The van der Waals surface area contributed by atoms with Gasteiger partial charge >= 0.3 is 0 Å². The smallest absolute Gasteiger partial charge is 0.294 e. The second kappa shape index (κ2) is 17.6. The number of halogens is 2. The second-order valence-electron chi connectivity index (χ2n) is 15.2. The molecule has 1 saturated carbocycles. The Labute approximate surface area is 308 Å². The Morgan fingerprint density at radius 2 is 1.66 bits per heavy atom. The molecule has 2 fully saturated rings. The van der Waals surface area contributed by atoms with E-state index in [9.17, 15) is 37.5 Å². The van der Waals surface area contributed by atoms with Crippen molar-refractivity contribution in [2.24, 2.45) is 23.2 Å². The number of benzene rings is 1. The molecular weight excluding hydrogens is 688 g/mol. The van der Waals surface area contributed by atoms with E-state index >= 15 is 0 Å². The van der Waals surface area contributed by atoms with Gasteiger partial charge in [0.15, 0.2) is 0 Å². The van der Waals surface area contributed by atoms with Crippen LogP contribution in [0.25, 0.3) is 0 Å². The minimum Gasteiger partial charge on any atom is -0.343 e. The van der Waals surface area contributed by atoms with Gasteiger partial charge in [0, 0.05) is 25.0 Å². The lowest BCUT2D eigenvalue weighted by Crippen LogP contribution is -2.59. The van der Waals surface area contributed by atoms with Crippen LogP contribution in [0.5, 0.6) is 0 Å². The quantitative estimate of drug-likeness (QED) is 0.168. The van der Waals surface area contributed by atoms with Gasteiger partial charge in [-0.1, -0.05) is 71.4 Å². The fourth-order valence-corrected chi connectivity index (χ4v) is 7.03. The van der Waals surface area contributed by atoms with E-state index in [0.29, 0.717) is 12.0 Å². The molecule has 4 rings (SSSR count). The first kappa shape index (κ1) is 40.7. The Hall–Kier alpha value is -5.08. The van der Waals surface area contributed by atoms with Crippen LogP contribution < -0.4 is 21.3 Å². The van der Waals surface area contributed by atoms with Crippen molar-refractivity contribution in [1.29, 1.82) is 0 Å². The molecule has 2 heterocycles. The van der Waals surface area contributed by atoms with Crippen molar-refractivity contribution in [2.75, 3.05) is 6.54 Å². The van der Waals surface area contributed by atoms with Gasteiger partial charge in [-0.05, 0) is 54.9 Å². The number of carbonyl (C=O) groups is 6. The number of Topliss-reactive ketones (excluding diaryl/α,β-unsaturated/α-hetero) is 1. The van der Waals surface area contributed by atoms with Gasteiger partial charge in [-0.15, -0.1) is 0 Å². The molecule has 0 radical (unpaired) electrons. The Kier molecular flexibility index (Phi) is 13.5. The number of nitrogens with zero attached hydrogens (tertiary/aromatic N) is 3. The molecule has 286 valence electrons. The molecule has 2 aliphatic rings. The zero-order valence-corrected chi connectivity index (χ0v) is 30.9. The molecule has 53 heavy (non-hydrogen) atoms. The molecule has 1 saturated heterocycles. The first-order chi connectivity index (χ1) is 25.0. The largest absolute Gasteiger partial charge is 0.343 e. The lowest BCUT2D eigenvalue weighted by Gasteiger charge is -2.34. The number of fused-ring (bicyclic) bond motifs is 1. The average molecular weight is 738 g/mol. The summed E-state index contributed by atoms with van der Waals surface area (Å²) in [6, 6.07) is 4.74. The Morgan fingerprint density at radius 1 is 0.962 bits per heavy atom. The summed E-state index contributed by atoms with van der Waals surface area (Å²) in [6.07, 6.45) is 3.29. The number of likely N-dealkylation sites (tertiary alicyclic amines) is 1. The number of hydrogen-bond donors (Lipinski definition) is 4. The van der Waals surface area contributed by atoms with Crippen molar-refractivity contribution in [1.82, 2.24) is 36.1 Å². The maximum absolute atomic E-state index is 14.5. The third-order valence-electron chi connectivity index (χ3n) is 9.55. The minimum absolute atomic E-state index is 0.00709. The number of alkyl halides is 2. The van der Waals surface area contributed by atoms with Crippen molar-refractivity contribution < 1.29 is 37.5 Å². The zero-order chi connectivity index (χ0) is 39.0. The molecule has 2 aromatic rings. The van der Waals surface area contributed by atoms with E-state index < -0.39 is 82.9 Å². The summed E-state index contributed by atoms with van der Waals surface area (Å²) in [6.45, 7) is 10.9. The first-order valence-corrected chi connectivity index (χ1v) is 17.9. The van der Waals surface area contributed by atoms with E-state index in [1.54, 1.807) is 51.1 Å². The predicted octanol–water partition coefficient (Wildman–Crippen LogP) is 3.49. The second-order valence-corrected chi connectivity index (χ2v) is 15.2. The van der Waals surface area contributed by atoms with Crippen LogP contribution >= 0.6 is 0 Å². The van der Waals surface area contributed by atoms with E-state index in [1.807, 2.05) is 20.8 Å². The minimum atomic E-state index is -3.18. The molecule has 0 spiro atoms. The number of amides is 5. The van der Waals surface area contributed by atoms with E-state index in [4.69, 9.17) is 0 Å². The van der Waals surface area contributed by atoms with Crippen molar-refractivity contribution in [3.63, 3.8) is 0 Å². The summed E-state index contributed by atoms with van der Waals surface area (Å²) in [7, 11) is 0. The fraction of sp³-hybridized carbons (Fsp3) is 0.526. The lowest BCUT2D eigenvalue weighted by atomic mass is 9.87. The normalized spacial score (nSPS) is 20.3. The van der Waals surface area contributed by atoms with Gasteiger partial charge < -0.3 is 26.2 Å².